The highest BCUT2D eigenvalue weighted by Crippen LogP contribution is 2.64. The molecular weight excluding hydrogens is 346 g/mol. The monoisotopic (exact) mass is 387 g/mol. The zero-order valence-corrected chi connectivity index (χ0v) is 18.6. The molecule has 3 nitrogen and oxygen atoms in total. The lowest BCUT2D eigenvalue weighted by atomic mass is 9.49. The van der Waals surface area contributed by atoms with E-state index in [9.17, 15) is 4.79 Å². The van der Waals surface area contributed by atoms with E-state index in [0.29, 0.717) is 17.4 Å². The normalized spacial score (nSPS) is 42.6. The summed E-state index contributed by atoms with van der Waals surface area (Å²) in [5.41, 5.74) is 1.89. The molecule has 4 rings (SSSR count). The third-order valence-corrected chi connectivity index (χ3v) is 9.25. The molecule has 6 atom stereocenters. The van der Waals surface area contributed by atoms with Crippen LogP contribution in [-0.4, -0.2) is 30.6 Å². The third kappa shape index (κ3) is 3.16. The molecule has 0 radical (unpaired) electrons. The molecule has 0 N–H and O–H groups in total. The summed E-state index contributed by atoms with van der Waals surface area (Å²) < 4.78 is 6.50. The van der Waals surface area contributed by atoms with E-state index in [0.717, 1.165) is 43.6 Å². The highest BCUT2D eigenvalue weighted by molar-refractivity contribution is 5.79. The van der Waals surface area contributed by atoms with Gasteiger partial charge >= 0.3 is 0 Å². The molecule has 28 heavy (non-hydrogen) atoms. The maximum atomic E-state index is 12.3. The number of nitrogens with zero attached hydrogens (tertiary/aromatic N) is 1. The number of piperidine rings is 1. The average Bonchev–Trinajstić information content (AvgIpc) is 3.01. The van der Waals surface area contributed by atoms with Crippen LogP contribution < -0.4 is 0 Å². The molecule has 3 fully saturated rings. The van der Waals surface area contributed by atoms with Gasteiger partial charge in [-0.2, -0.15) is 0 Å². The molecule has 1 amide bonds. The van der Waals surface area contributed by atoms with Crippen LogP contribution in [0, 0.1) is 28.6 Å². The molecule has 158 valence electrons. The van der Waals surface area contributed by atoms with Crippen molar-refractivity contribution in [3.05, 3.63) is 11.8 Å². The van der Waals surface area contributed by atoms with Crippen LogP contribution in [0.1, 0.15) is 91.4 Å². The number of carbonyl (C=O) groups is 1. The Morgan fingerprint density at radius 2 is 1.93 bits per heavy atom. The minimum absolute atomic E-state index is 0.200. The average molecular weight is 388 g/mol. The molecule has 1 aliphatic heterocycles. The number of amides is 1. The Morgan fingerprint density at radius 3 is 2.71 bits per heavy atom. The van der Waals surface area contributed by atoms with Gasteiger partial charge in [0.25, 0.3) is 0 Å². The van der Waals surface area contributed by atoms with Crippen LogP contribution in [0.3, 0.4) is 0 Å². The summed E-state index contributed by atoms with van der Waals surface area (Å²) in [4.78, 5) is 14.2. The fourth-order valence-electron chi connectivity index (χ4n) is 7.56. The second kappa shape index (κ2) is 7.78. The second-order valence-corrected chi connectivity index (χ2v) is 10.6. The van der Waals surface area contributed by atoms with E-state index in [1.807, 2.05) is 11.9 Å². The van der Waals surface area contributed by atoms with E-state index in [4.69, 9.17) is 4.74 Å². The van der Waals surface area contributed by atoms with Gasteiger partial charge in [0, 0.05) is 31.2 Å². The van der Waals surface area contributed by atoms with E-state index in [1.165, 1.54) is 57.1 Å². The Morgan fingerprint density at radius 1 is 1.11 bits per heavy atom. The summed E-state index contributed by atoms with van der Waals surface area (Å²) in [5.74, 6) is 2.62. The molecule has 1 heterocycles. The van der Waals surface area contributed by atoms with E-state index < -0.39 is 0 Å². The third-order valence-electron chi connectivity index (χ3n) is 9.25. The fraction of sp³-hybridized carbons (Fsp3) is 0.880. The molecule has 0 aromatic heterocycles. The Kier molecular flexibility index (Phi) is 5.68. The van der Waals surface area contributed by atoms with Gasteiger partial charge in [-0.15, -0.1) is 0 Å². The van der Waals surface area contributed by atoms with Crippen molar-refractivity contribution < 1.29 is 9.53 Å². The van der Waals surface area contributed by atoms with Gasteiger partial charge in [-0.3, -0.25) is 4.79 Å². The smallest absolute Gasteiger partial charge is 0.226 e. The van der Waals surface area contributed by atoms with Crippen LogP contribution in [-0.2, 0) is 9.53 Å². The zero-order valence-electron chi connectivity index (χ0n) is 18.6. The lowest BCUT2D eigenvalue weighted by Crippen LogP contribution is -2.54. The Balaban J connectivity index is 1.47. The minimum atomic E-state index is 0.200. The molecule has 0 spiro atoms. The van der Waals surface area contributed by atoms with Crippen LogP contribution in [0.5, 0.6) is 0 Å². The maximum absolute atomic E-state index is 12.3. The number of likely N-dealkylation sites (tertiary alicyclic amines) is 1. The lowest BCUT2D eigenvalue weighted by molar-refractivity contribution is -0.137. The van der Waals surface area contributed by atoms with Crippen molar-refractivity contribution in [1.29, 1.82) is 0 Å². The first-order valence-electron chi connectivity index (χ1n) is 12.0. The quantitative estimate of drug-likeness (QED) is 0.528. The van der Waals surface area contributed by atoms with E-state index in [1.54, 1.807) is 0 Å². The topological polar surface area (TPSA) is 29.5 Å². The van der Waals surface area contributed by atoms with Crippen LogP contribution in [0.15, 0.2) is 11.8 Å². The van der Waals surface area contributed by atoms with E-state index in [-0.39, 0.29) is 5.41 Å². The van der Waals surface area contributed by atoms with Gasteiger partial charge in [0.05, 0.1) is 6.10 Å². The van der Waals surface area contributed by atoms with Gasteiger partial charge in [-0.25, -0.2) is 0 Å². The Bertz CT molecular complexity index is 628. The first-order chi connectivity index (χ1) is 13.4. The van der Waals surface area contributed by atoms with Crippen molar-refractivity contribution in [3.8, 4) is 0 Å². The summed E-state index contributed by atoms with van der Waals surface area (Å²) >= 11 is 0. The molecule has 0 bridgehead atoms. The van der Waals surface area contributed by atoms with E-state index >= 15 is 0 Å². The molecule has 0 aromatic rings. The van der Waals surface area contributed by atoms with Gasteiger partial charge < -0.3 is 9.64 Å². The molecular formula is C25H41NO2. The SMILES string of the molecule is CCCCCCOC1CC[C@H]2[C@@H]3CC=C4N(C)C(=O)CC[C@]4(C)[C@@H]3CC[C@]12C. The predicted molar refractivity (Wildman–Crippen MR) is 114 cm³/mol. The number of ether oxygens (including phenoxy) is 1. The zero-order chi connectivity index (χ0) is 19.9. The van der Waals surface area contributed by atoms with Crippen molar-refractivity contribution in [1.82, 2.24) is 4.90 Å². The molecule has 1 saturated heterocycles. The fourth-order valence-corrected chi connectivity index (χ4v) is 7.56. The molecule has 2 saturated carbocycles. The standard InChI is InChI=1S/C25H41NO2/c1-5-6-7-8-17-28-22-12-10-19-18-9-11-21-24(2,16-14-23(27)26(21)4)20(18)13-15-25(19,22)3/h11,18-20,22H,5-10,12-17H2,1-4H3/t18-,19-,20+,22?,24+,25-/m0/s1. The molecule has 3 aliphatic carbocycles. The van der Waals surface area contributed by atoms with Crippen LogP contribution in [0.25, 0.3) is 0 Å². The predicted octanol–water partition coefficient (Wildman–Crippen LogP) is 5.94. The molecule has 0 aromatic carbocycles. The lowest BCUT2D eigenvalue weighted by Gasteiger charge is -2.58. The number of fused-ring (bicyclic) bond motifs is 5. The highest BCUT2D eigenvalue weighted by atomic mass is 16.5. The maximum Gasteiger partial charge on any atom is 0.226 e. The number of hydrogen-bond donors (Lipinski definition) is 0. The second-order valence-electron chi connectivity index (χ2n) is 10.6. The molecule has 3 heteroatoms. The number of unbranched alkanes of at least 4 members (excludes halogenated alkanes) is 3. The van der Waals surface area contributed by atoms with Gasteiger partial charge in [0.1, 0.15) is 0 Å². The van der Waals surface area contributed by atoms with Crippen LogP contribution in [0.2, 0.25) is 0 Å². The first kappa shape index (κ1) is 20.4. The van der Waals surface area contributed by atoms with Crippen molar-refractivity contribution in [3.63, 3.8) is 0 Å². The Hall–Kier alpha value is -0.830. The Labute approximate surface area is 172 Å². The van der Waals surface area contributed by atoms with Gasteiger partial charge in [0.15, 0.2) is 0 Å². The van der Waals surface area contributed by atoms with Gasteiger partial charge in [-0.1, -0.05) is 46.1 Å². The van der Waals surface area contributed by atoms with Gasteiger partial charge in [0.2, 0.25) is 5.91 Å². The van der Waals surface area contributed by atoms with Crippen molar-refractivity contribution in [2.24, 2.45) is 28.6 Å². The van der Waals surface area contributed by atoms with Crippen LogP contribution >= 0.6 is 0 Å². The van der Waals surface area contributed by atoms with E-state index in [2.05, 4.69) is 26.8 Å². The molecule has 4 aliphatic rings. The largest absolute Gasteiger partial charge is 0.378 e. The van der Waals surface area contributed by atoms with Crippen LogP contribution in [0.4, 0.5) is 0 Å². The number of allylic oxidation sites excluding steroid dienone is 2. The van der Waals surface area contributed by atoms with Gasteiger partial charge in [-0.05, 0) is 68.1 Å². The molecule has 1 unspecified atom stereocenters. The minimum Gasteiger partial charge on any atom is -0.378 e. The number of hydrogen-bond acceptors (Lipinski definition) is 2. The van der Waals surface area contributed by atoms with Crippen molar-refractivity contribution in [2.45, 2.75) is 97.5 Å². The number of carbonyl (C=O) groups excluding carboxylic acids is 1. The highest BCUT2D eigenvalue weighted by Gasteiger charge is 2.59. The summed E-state index contributed by atoms with van der Waals surface area (Å²) in [6, 6.07) is 0. The van der Waals surface area contributed by atoms with Crippen molar-refractivity contribution >= 4 is 5.91 Å². The first-order valence-corrected chi connectivity index (χ1v) is 12.0. The van der Waals surface area contributed by atoms with Crippen molar-refractivity contribution in [2.75, 3.05) is 13.7 Å². The summed E-state index contributed by atoms with van der Waals surface area (Å²) in [5, 5.41) is 0. The summed E-state index contributed by atoms with van der Waals surface area (Å²) in [7, 11) is 2.00. The summed E-state index contributed by atoms with van der Waals surface area (Å²) in [6.07, 6.45) is 16.2. The summed E-state index contributed by atoms with van der Waals surface area (Å²) in [6.45, 7) is 8.22. The number of rotatable bonds is 6.